The first-order chi connectivity index (χ1) is 12.0. The van der Waals surface area contributed by atoms with Gasteiger partial charge in [0, 0.05) is 29.6 Å². The molecule has 0 aliphatic rings. The molecule has 7 nitrogen and oxygen atoms in total. The number of nitrogens with one attached hydrogen (secondary N) is 1. The third-order valence-electron chi connectivity index (χ3n) is 3.69. The van der Waals surface area contributed by atoms with Crippen molar-refractivity contribution in [3.8, 4) is 5.69 Å². The molecule has 2 rings (SSSR count). The molecule has 1 aromatic carbocycles. The molecule has 0 aliphatic carbocycles. The molecule has 1 aromatic heterocycles. The first-order valence-electron chi connectivity index (χ1n) is 7.38. The minimum absolute atomic E-state index is 0.0522. The van der Waals surface area contributed by atoms with Crippen LogP contribution in [0.4, 0.5) is 13.2 Å². The summed E-state index contributed by atoms with van der Waals surface area (Å²) in [6, 6.07) is 4.41. The van der Waals surface area contributed by atoms with E-state index in [9.17, 15) is 31.5 Å². The van der Waals surface area contributed by atoms with Gasteiger partial charge in [0.2, 0.25) is 0 Å². The largest absolute Gasteiger partial charge is 0.760 e. The van der Waals surface area contributed by atoms with E-state index >= 15 is 0 Å². The van der Waals surface area contributed by atoms with Gasteiger partial charge in [-0.05, 0) is 32.0 Å². The number of benzene rings is 1. The lowest BCUT2D eigenvalue weighted by molar-refractivity contribution is -0.137. The highest BCUT2D eigenvalue weighted by atomic mass is 32.2. The number of hydrogen-bond acceptors (Lipinski definition) is 4. The van der Waals surface area contributed by atoms with Crippen molar-refractivity contribution in [2.24, 2.45) is 0 Å². The van der Waals surface area contributed by atoms with E-state index in [2.05, 4.69) is 4.72 Å². The van der Waals surface area contributed by atoms with Crippen molar-refractivity contribution >= 4 is 11.3 Å². The lowest BCUT2D eigenvalue weighted by Crippen LogP contribution is -2.44. The van der Waals surface area contributed by atoms with E-state index < -0.39 is 40.3 Å². The van der Waals surface area contributed by atoms with Crippen LogP contribution in [0.2, 0.25) is 0 Å². The number of aromatic nitrogens is 2. The molecule has 2 aromatic rings. The van der Waals surface area contributed by atoms with Crippen molar-refractivity contribution in [1.29, 1.82) is 0 Å². The Bertz CT molecular complexity index is 952. The van der Waals surface area contributed by atoms with Crippen molar-refractivity contribution < 1.29 is 21.9 Å². The summed E-state index contributed by atoms with van der Waals surface area (Å²) in [6.07, 6.45) is -4.59. The second-order valence-corrected chi connectivity index (χ2v) is 6.35. The highest BCUT2D eigenvalue weighted by molar-refractivity contribution is 7.77. The SMILES string of the molecule is Cc1cc(=O)n([C@H](C)CNS(=O)[O-])c(=O)n1-c1cccc(C(F)(F)F)c1. The topological polar surface area (TPSA) is 96.2 Å². The number of rotatable bonds is 5. The summed E-state index contributed by atoms with van der Waals surface area (Å²) >= 11 is -2.58. The molecule has 0 saturated heterocycles. The molecule has 0 amide bonds. The van der Waals surface area contributed by atoms with Gasteiger partial charge >= 0.3 is 11.9 Å². The molecule has 0 bridgehead atoms. The van der Waals surface area contributed by atoms with Gasteiger partial charge in [-0.3, -0.25) is 18.1 Å². The fourth-order valence-electron chi connectivity index (χ4n) is 2.49. The second-order valence-electron chi connectivity index (χ2n) is 5.59. The average Bonchev–Trinajstić information content (AvgIpc) is 2.52. The monoisotopic (exact) mass is 390 g/mol. The molecular formula is C15H15F3N3O4S-. The minimum Gasteiger partial charge on any atom is -0.760 e. The molecule has 0 fully saturated rings. The van der Waals surface area contributed by atoms with Crippen LogP contribution < -0.4 is 16.0 Å². The lowest BCUT2D eigenvalue weighted by atomic mass is 10.2. The van der Waals surface area contributed by atoms with Crippen LogP contribution >= 0.6 is 0 Å². The van der Waals surface area contributed by atoms with Gasteiger partial charge in [0.15, 0.2) is 0 Å². The van der Waals surface area contributed by atoms with Gasteiger partial charge in [-0.2, -0.15) is 13.2 Å². The predicted molar refractivity (Wildman–Crippen MR) is 87.7 cm³/mol. The minimum atomic E-state index is -4.59. The van der Waals surface area contributed by atoms with Crippen molar-refractivity contribution in [3.63, 3.8) is 0 Å². The maximum Gasteiger partial charge on any atom is 0.416 e. The number of halogens is 3. The Balaban J connectivity index is 2.61. The fourth-order valence-corrected chi connectivity index (χ4v) is 2.86. The first-order valence-corrected chi connectivity index (χ1v) is 8.45. The smallest absolute Gasteiger partial charge is 0.416 e. The zero-order chi connectivity index (χ0) is 19.6. The quantitative estimate of drug-likeness (QED) is 0.778. The summed E-state index contributed by atoms with van der Waals surface area (Å²) in [7, 11) is 0. The molecule has 142 valence electrons. The van der Waals surface area contributed by atoms with Gasteiger partial charge in [-0.1, -0.05) is 6.07 Å². The highest BCUT2D eigenvalue weighted by Gasteiger charge is 2.30. The Morgan fingerprint density at radius 1 is 1.27 bits per heavy atom. The molecule has 26 heavy (non-hydrogen) atoms. The Kier molecular flexibility index (Phi) is 5.84. The molecule has 1 heterocycles. The van der Waals surface area contributed by atoms with E-state index in [0.717, 1.165) is 33.4 Å². The van der Waals surface area contributed by atoms with E-state index in [1.54, 1.807) is 0 Å². The number of alkyl halides is 3. The summed E-state index contributed by atoms with van der Waals surface area (Å²) in [5.41, 5.74) is -2.37. The van der Waals surface area contributed by atoms with Gasteiger partial charge in [0.25, 0.3) is 5.56 Å². The summed E-state index contributed by atoms with van der Waals surface area (Å²) < 4.78 is 63.8. The standard InChI is InChI=1S/C15H16F3N3O4S/c1-9-6-13(22)21(10(2)8-19-26(24)25)14(23)20(9)12-5-3-4-11(7-12)15(16,17)18/h3-7,10,19H,8H2,1-2H3,(H,24,25)/p-1/t10-/m1/s1. The molecule has 2 atom stereocenters. The Labute approximate surface area is 148 Å². The van der Waals surface area contributed by atoms with Crippen LogP contribution in [0, 0.1) is 6.92 Å². The van der Waals surface area contributed by atoms with Crippen molar-refractivity contribution in [2.45, 2.75) is 26.1 Å². The third-order valence-corrected chi connectivity index (χ3v) is 4.09. The summed E-state index contributed by atoms with van der Waals surface area (Å²) in [5.74, 6) is 0. The summed E-state index contributed by atoms with van der Waals surface area (Å²) in [5, 5.41) is 0. The molecule has 11 heteroatoms. The van der Waals surface area contributed by atoms with E-state index in [1.165, 1.54) is 19.9 Å². The van der Waals surface area contributed by atoms with Gasteiger partial charge < -0.3 is 4.55 Å². The van der Waals surface area contributed by atoms with E-state index in [1.807, 2.05) is 0 Å². The Morgan fingerprint density at radius 3 is 2.50 bits per heavy atom. The Hall–Kier alpha value is -2.24. The molecule has 0 radical (unpaired) electrons. The van der Waals surface area contributed by atoms with E-state index in [4.69, 9.17) is 0 Å². The van der Waals surface area contributed by atoms with Gasteiger partial charge in [0.1, 0.15) is 0 Å². The van der Waals surface area contributed by atoms with E-state index in [-0.39, 0.29) is 17.9 Å². The Morgan fingerprint density at radius 2 is 1.92 bits per heavy atom. The van der Waals surface area contributed by atoms with Crippen LogP contribution in [0.1, 0.15) is 24.2 Å². The predicted octanol–water partition coefficient (Wildman–Crippen LogP) is 1.27. The fraction of sp³-hybridized carbons (Fsp3) is 0.333. The molecular weight excluding hydrogens is 375 g/mol. The van der Waals surface area contributed by atoms with Crippen LogP contribution in [0.3, 0.4) is 0 Å². The maximum atomic E-state index is 12.9. The highest BCUT2D eigenvalue weighted by Crippen LogP contribution is 2.30. The van der Waals surface area contributed by atoms with Crippen LogP contribution in [-0.2, 0) is 17.4 Å². The maximum absolute atomic E-state index is 12.9. The van der Waals surface area contributed by atoms with E-state index in [0.29, 0.717) is 0 Å². The third kappa shape index (κ3) is 4.29. The van der Waals surface area contributed by atoms with Gasteiger partial charge in [0.05, 0.1) is 17.3 Å². The zero-order valence-electron chi connectivity index (χ0n) is 13.7. The lowest BCUT2D eigenvalue weighted by Gasteiger charge is -2.19. The zero-order valence-corrected chi connectivity index (χ0v) is 14.6. The van der Waals surface area contributed by atoms with Crippen molar-refractivity contribution in [1.82, 2.24) is 13.9 Å². The van der Waals surface area contributed by atoms with Crippen molar-refractivity contribution in [3.05, 3.63) is 62.4 Å². The summed E-state index contributed by atoms with van der Waals surface area (Å²) in [4.78, 5) is 24.9. The van der Waals surface area contributed by atoms with Gasteiger partial charge in [-0.15, -0.1) is 0 Å². The summed E-state index contributed by atoms with van der Waals surface area (Å²) in [6.45, 7) is 2.63. The molecule has 1 N–H and O–H groups in total. The van der Waals surface area contributed by atoms with Crippen LogP contribution in [0.25, 0.3) is 5.69 Å². The molecule has 0 aliphatic heterocycles. The first kappa shape index (κ1) is 20.1. The number of hydrogen-bond donors (Lipinski definition) is 1. The van der Waals surface area contributed by atoms with Crippen molar-refractivity contribution in [2.75, 3.05) is 6.54 Å². The molecule has 0 spiro atoms. The normalized spacial score (nSPS) is 14.2. The van der Waals surface area contributed by atoms with Crippen LogP contribution in [0.5, 0.6) is 0 Å². The molecule has 1 unspecified atom stereocenters. The number of aryl methyl sites for hydroxylation is 1. The van der Waals surface area contributed by atoms with Crippen LogP contribution in [-0.4, -0.2) is 24.4 Å². The number of nitrogens with zero attached hydrogens (tertiary/aromatic N) is 2. The average molecular weight is 390 g/mol. The molecule has 0 saturated carbocycles. The van der Waals surface area contributed by atoms with Gasteiger partial charge in [-0.25, -0.2) is 9.52 Å². The van der Waals surface area contributed by atoms with Crippen LogP contribution in [0.15, 0.2) is 39.9 Å². The second kappa shape index (κ2) is 7.56.